The number of hydrogen-bond acceptors (Lipinski definition) is 4. The topological polar surface area (TPSA) is 59.4 Å². The van der Waals surface area contributed by atoms with Gasteiger partial charge in [0.15, 0.2) is 5.78 Å². The quantitative estimate of drug-likeness (QED) is 0.0799. The zero-order valence-electron chi connectivity index (χ0n) is 30.3. The number of carbonyl (C=O) groups excluding carboxylic acids is 1. The molecular weight excluding hydrogens is 831 g/mol. The summed E-state index contributed by atoms with van der Waals surface area (Å²) in [5, 5.41) is 15.8. The number of fused-ring (bicyclic) bond motifs is 3. The van der Waals surface area contributed by atoms with Gasteiger partial charge in [0, 0.05) is 60.4 Å². The van der Waals surface area contributed by atoms with Gasteiger partial charge in [-0.05, 0) is 134 Å². The molecule has 8 saturated carbocycles. The van der Waals surface area contributed by atoms with Gasteiger partial charge in [0.2, 0.25) is 5.88 Å². The van der Waals surface area contributed by atoms with Crippen molar-refractivity contribution >= 4 is 27.3 Å². The van der Waals surface area contributed by atoms with Gasteiger partial charge in [0.05, 0.1) is 0 Å². The van der Waals surface area contributed by atoms with Crippen molar-refractivity contribution in [1.82, 2.24) is 4.98 Å². The van der Waals surface area contributed by atoms with Crippen LogP contribution in [0.4, 0.5) is 0 Å². The standard InChI is InChI=1S/C25H16NO.C23H32O2.Ir/c1-2-7-18(8-3-1)20-10-6-11-22(15-20)27-25-16-24-21(17-26-25)14-13-19-9-4-5-12-23(19)24;24-20(22-8-14-1-15(9-22)3-16(2-14)10-22)7-21(25)23-11-17-4-18(12-23)6-19(5-17)13-23;/h1-10,12-17H;7,14-19,24H,1-6,8-13H2;/q-1;;/b;20-7-;. The molecule has 8 aliphatic carbocycles. The molecule has 1 N–H and O–H groups in total. The molecule has 1 heterocycles. The van der Waals surface area contributed by atoms with Crippen LogP contribution in [0.15, 0.2) is 109 Å². The van der Waals surface area contributed by atoms with Gasteiger partial charge in [0.1, 0.15) is 5.76 Å². The minimum Gasteiger partial charge on any atom is -0.512 e. The van der Waals surface area contributed by atoms with Crippen molar-refractivity contribution < 1.29 is 34.7 Å². The summed E-state index contributed by atoms with van der Waals surface area (Å²) >= 11 is 0. The molecule has 53 heavy (non-hydrogen) atoms. The molecule has 8 fully saturated rings. The van der Waals surface area contributed by atoms with Crippen molar-refractivity contribution in [1.29, 1.82) is 0 Å². The molecule has 1 radical (unpaired) electrons. The van der Waals surface area contributed by atoms with Crippen LogP contribution in [0.2, 0.25) is 0 Å². The fourth-order valence-electron chi connectivity index (χ4n) is 12.6. The number of benzene rings is 4. The summed E-state index contributed by atoms with van der Waals surface area (Å²) in [5.41, 5.74) is 2.13. The van der Waals surface area contributed by atoms with Crippen LogP contribution < -0.4 is 4.74 Å². The third-order valence-corrected chi connectivity index (χ3v) is 14.1. The van der Waals surface area contributed by atoms with E-state index in [1.807, 2.05) is 48.7 Å². The normalized spacial score (nSPS) is 31.9. The van der Waals surface area contributed by atoms with Crippen LogP contribution in [0.3, 0.4) is 0 Å². The van der Waals surface area contributed by atoms with E-state index in [1.54, 1.807) is 6.08 Å². The predicted molar refractivity (Wildman–Crippen MR) is 207 cm³/mol. The molecule has 5 aromatic rings. The van der Waals surface area contributed by atoms with E-state index in [2.05, 4.69) is 59.6 Å². The van der Waals surface area contributed by atoms with Crippen LogP contribution in [-0.2, 0) is 24.9 Å². The molecule has 4 aromatic carbocycles. The second-order valence-electron chi connectivity index (χ2n) is 17.7. The Morgan fingerprint density at radius 3 is 1.87 bits per heavy atom. The Morgan fingerprint density at radius 2 is 1.23 bits per heavy atom. The Hall–Kier alpha value is -3.79. The first-order valence-corrected chi connectivity index (χ1v) is 19.9. The van der Waals surface area contributed by atoms with Gasteiger partial charge < -0.3 is 9.84 Å². The van der Waals surface area contributed by atoms with E-state index in [4.69, 9.17) is 4.74 Å². The minimum atomic E-state index is -0.0922. The monoisotopic (exact) mass is 879 g/mol. The number of rotatable bonds is 6. The maximum atomic E-state index is 13.4. The average molecular weight is 879 g/mol. The SMILES string of the molecule is O=C(/C=C(\O)C12CC3CC(CC(C3)C1)C2)C12CC3CC(CC(C3)C1)C2.[Ir].[c-]1ccc(-c2ccccc2)cc1Oc1cc2c(ccc3ccccc32)cn1. The van der Waals surface area contributed by atoms with Crippen LogP contribution in [0.5, 0.6) is 11.6 Å². The zero-order valence-corrected chi connectivity index (χ0v) is 32.7. The first-order valence-electron chi connectivity index (χ1n) is 19.9. The maximum absolute atomic E-state index is 13.4. The van der Waals surface area contributed by atoms with Crippen molar-refractivity contribution in [3.63, 3.8) is 0 Å². The number of aliphatic hydroxyl groups is 1. The molecule has 0 spiro atoms. The third kappa shape index (κ3) is 6.57. The summed E-state index contributed by atoms with van der Waals surface area (Å²) in [6.45, 7) is 0. The molecule has 0 saturated heterocycles. The van der Waals surface area contributed by atoms with Crippen LogP contribution in [0.25, 0.3) is 32.7 Å². The van der Waals surface area contributed by atoms with Crippen molar-refractivity contribution in [3.8, 4) is 22.8 Å². The number of ketones is 1. The smallest absolute Gasteiger partial charge is 0.217 e. The number of aliphatic hydroxyl groups excluding tert-OH is 1. The van der Waals surface area contributed by atoms with Gasteiger partial charge in [-0.1, -0.05) is 66.7 Å². The van der Waals surface area contributed by atoms with Crippen molar-refractivity contribution in [2.75, 3.05) is 0 Å². The Labute approximate surface area is 326 Å². The van der Waals surface area contributed by atoms with E-state index in [9.17, 15) is 9.90 Å². The Kier molecular flexibility index (Phi) is 9.10. The van der Waals surface area contributed by atoms with Gasteiger partial charge >= 0.3 is 0 Å². The molecule has 0 amide bonds. The molecule has 0 aliphatic heterocycles. The summed E-state index contributed by atoms with van der Waals surface area (Å²) < 4.78 is 6.03. The molecule has 1 aromatic heterocycles. The van der Waals surface area contributed by atoms with E-state index in [1.165, 1.54) is 49.3 Å². The predicted octanol–water partition coefficient (Wildman–Crippen LogP) is 12.1. The van der Waals surface area contributed by atoms with Crippen molar-refractivity contribution in [3.05, 3.63) is 115 Å². The van der Waals surface area contributed by atoms with E-state index in [0.717, 1.165) is 95.9 Å². The molecule has 8 aliphatic rings. The summed E-state index contributed by atoms with van der Waals surface area (Å²) in [4.78, 5) is 17.8. The van der Waals surface area contributed by atoms with Crippen LogP contribution in [0.1, 0.15) is 77.0 Å². The minimum absolute atomic E-state index is 0. The molecule has 13 rings (SSSR count). The first-order chi connectivity index (χ1) is 25.4. The second kappa shape index (κ2) is 13.8. The molecule has 0 atom stereocenters. The van der Waals surface area contributed by atoms with Crippen LogP contribution >= 0.6 is 0 Å². The summed E-state index contributed by atoms with van der Waals surface area (Å²) in [5.74, 6) is 6.86. The van der Waals surface area contributed by atoms with E-state index in [0.29, 0.717) is 23.2 Å². The van der Waals surface area contributed by atoms with Crippen molar-refractivity contribution in [2.45, 2.75) is 77.0 Å². The van der Waals surface area contributed by atoms with Crippen molar-refractivity contribution in [2.24, 2.45) is 46.3 Å². The third-order valence-electron chi connectivity index (χ3n) is 14.1. The summed E-state index contributed by atoms with van der Waals surface area (Å²) in [6.07, 6.45) is 18.7. The number of aromatic nitrogens is 1. The summed E-state index contributed by atoms with van der Waals surface area (Å²) in [7, 11) is 0. The first kappa shape index (κ1) is 34.9. The Balaban J connectivity index is 0.000000138. The number of pyridine rings is 1. The second-order valence-corrected chi connectivity index (χ2v) is 17.7. The van der Waals surface area contributed by atoms with E-state index in [-0.39, 0.29) is 30.9 Å². The number of allylic oxidation sites excluding steroid dienone is 2. The maximum Gasteiger partial charge on any atom is 0.217 e. The Bertz CT molecular complexity index is 2120. The van der Waals surface area contributed by atoms with Crippen LogP contribution in [-0.4, -0.2) is 15.9 Å². The van der Waals surface area contributed by atoms with Gasteiger partial charge in [-0.3, -0.25) is 4.79 Å². The van der Waals surface area contributed by atoms with Gasteiger partial charge in [-0.15, -0.1) is 17.7 Å². The molecule has 5 heteroatoms. The molecule has 273 valence electrons. The Morgan fingerprint density at radius 1 is 0.660 bits per heavy atom. The fraction of sp³-hybridized carbons (Fsp3) is 0.417. The molecular formula is C48H48IrNO3-. The van der Waals surface area contributed by atoms with Crippen LogP contribution in [0, 0.1) is 52.4 Å². The molecule has 0 unspecified atom stereocenters. The molecule has 4 nitrogen and oxygen atoms in total. The largest absolute Gasteiger partial charge is 0.512 e. The van der Waals surface area contributed by atoms with E-state index < -0.39 is 0 Å². The molecule has 8 bridgehead atoms. The fourth-order valence-corrected chi connectivity index (χ4v) is 12.6. The number of carbonyl (C=O) groups is 1. The number of ether oxygens (including phenoxy) is 1. The zero-order chi connectivity index (χ0) is 34.9. The van der Waals surface area contributed by atoms with Gasteiger partial charge in [-0.2, -0.15) is 12.1 Å². The number of hydrogen-bond donors (Lipinski definition) is 1. The average Bonchev–Trinajstić information content (AvgIpc) is 3.14. The van der Waals surface area contributed by atoms with Gasteiger partial charge in [-0.25, -0.2) is 4.98 Å². The van der Waals surface area contributed by atoms with Gasteiger partial charge in [0.25, 0.3) is 0 Å². The number of nitrogens with zero attached hydrogens (tertiary/aromatic N) is 1. The van der Waals surface area contributed by atoms with E-state index >= 15 is 0 Å². The summed E-state index contributed by atoms with van der Waals surface area (Å²) in [6, 6.07) is 33.9.